The highest BCUT2D eigenvalue weighted by atomic mass is 16.4. The second kappa shape index (κ2) is 6.68. The maximum absolute atomic E-state index is 12.4. The lowest BCUT2D eigenvalue weighted by Gasteiger charge is -2.22. The maximum atomic E-state index is 12.4. The van der Waals surface area contributed by atoms with Crippen molar-refractivity contribution in [2.45, 2.75) is 38.1 Å². The van der Waals surface area contributed by atoms with Gasteiger partial charge in [-0.15, -0.1) is 0 Å². The number of hydrogen-bond donors (Lipinski definition) is 3. The summed E-state index contributed by atoms with van der Waals surface area (Å²) in [6, 6.07) is 4.76. The Hall–Kier alpha value is -2.57. The SMILES string of the molecule is O=C(N[C@H]1CCCCC[C@H]1C(=O)O)c1cc(-c2ccco2)[nH]n1. The van der Waals surface area contributed by atoms with E-state index in [-0.39, 0.29) is 17.6 Å². The normalized spacial score (nSPS) is 21.6. The predicted molar refractivity (Wildman–Crippen MR) is 81.8 cm³/mol. The van der Waals surface area contributed by atoms with Crippen molar-refractivity contribution in [2.75, 3.05) is 0 Å². The van der Waals surface area contributed by atoms with Crippen molar-refractivity contribution in [3.63, 3.8) is 0 Å². The van der Waals surface area contributed by atoms with Crippen LogP contribution in [-0.4, -0.2) is 33.2 Å². The molecule has 0 aliphatic heterocycles. The number of nitrogens with one attached hydrogen (secondary N) is 2. The standard InChI is InChI=1S/C16H19N3O4/c20-15(13-9-12(18-19-13)14-7-4-8-23-14)17-11-6-3-1-2-5-10(11)16(21)22/h4,7-11H,1-3,5-6H2,(H,17,20)(H,18,19)(H,21,22)/t10-,11+/m1/s1. The quantitative estimate of drug-likeness (QED) is 0.751. The molecule has 2 aromatic heterocycles. The largest absolute Gasteiger partial charge is 0.481 e. The molecule has 1 amide bonds. The second-order valence-electron chi connectivity index (χ2n) is 5.81. The molecule has 3 rings (SSSR count). The van der Waals surface area contributed by atoms with Crippen molar-refractivity contribution in [3.05, 3.63) is 30.2 Å². The average molecular weight is 317 g/mol. The third-order valence-corrected chi connectivity index (χ3v) is 4.25. The van der Waals surface area contributed by atoms with Gasteiger partial charge in [0.1, 0.15) is 5.69 Å². The molecule has 23 heavy (non-hydrogen) atoms. The molecule has 1 aliphatic rings. The van der Waals surface area contributed by atoms with E-state index in [9.17, 15) is 14.7 Å². The zero-order valence-corrected chi connectivity index (χ0v) is 12.6. The Morgan fingerprint density at radius 3 is 2.87 bits per heavy atom. The van der Waals surface area contributed by atoms with E-state index in [4.69, 9.17) is 4.42 Å². The topological polar surface area (TPSA) is 108 Å². The number of hydrogen-bond acceptors (Lipinski definition) is 4. The first kappa shape index (κ1) is 15.3. The molecule has 2 atom stereocenters. The molecule has 1 fully saturated rings. The zero-order valence-electron chi connectivity index (χ0n) is 12.6. The summed E-state index contributed by atoms with van der Waals surface area (Å²) >= 11 is 0. The molecule has 2 aromatic rings. The van der Waals surface area contributed by atoms with Gasteiger partial charge in [-0.05, 0) is 25.0 Å². The molecule has 0 bridgehead atoms. The summed E-state index contributed by atoms with van der Waals surface area (Å²) in [7, 11) is 0. The number of aromatic amines is 1. The van der Waals surface area contributed by atoms with Crippen molar-refractivity contribution in [2.24, 2.45) is 5.92 Å². The summed E-state index contributed by atoms with van der Waals surface area (Å²) in [5, 5.41) is 18.9. The predicted octanol–water partition coefficient (Wildman–Crippen LogP) is 2.43. The van der Waals surface area contributed by atoms with Crippen LogP contribution in [0, 0.1) is 5.92 Å². The molecule has 1 aliphatic carbocycles. The van der Waals surface area contributed by atoms with Crippen molar-refractivity contribution < 1.29 is 19.1 Å². The summed E-state index contributed by atoms with van der Waals surface area (Å²) in [5.74, 6) is -1.16. The van der Waals surface area contributed by atoms with Gasteiger partial charge in [0.05, 0.1) is 12.2 Å². The maximum Gasteiger partial charge on any atom is 0.308 e. The van der Waals surface area contributed by atoms with Crippen molar-refractivity contribution in [1.82, 2.24) is 15.5 Å². The molecule has 7 heteroatoms. The summed E-state index contributed by atoms with van der Waals surface area (Å²) in [6.07, 6.45) is 5.62. The van der Waals surface area contributed by atoms with Crippen LogP contribution in [0.4, 0.5) is 0 Å². The van der Waals surface area contributed by atoms with Crippen LogP contribution in [-0.2, 0) is 4.79 Å². The molecule has 0 saturated heterocycles. The molecule has 0 unspecified atom stereocenters. The lowest BCUT2D eigenvalue weighted by molar-refractivity contribution is -0.142. The minimum atomic E-state index is -0.851. The van der Waals surface area contributed by atoms with Crippen LogP contribution in [0.5, 0.6) is 0 Å². The number of carboxylic acid groups (broad SMARTS) is 1. The summed E-state index contributed by atoms with van der Waals surface area (Å²) in [6.45, 7) is 0. The van der Waals surface area contributed by atoms with Crippen LogP contribution in [0.3, 0.4) is 0 Å². The third-order valence-electron chi connectivity index (χ3n) is 4.25. The van der Waals surface area contributed by atoms with Gasteiger partial charge in [-0.1, -0.05) is 19.3 Å². The Labute approximate surface area is 133 Å². The fourth-order valence-electron chi connectivity index (χ4n) is 3.01. The van der Waals surface area contributed by atoms with Crippen LogP contribution in [0.25, 0.3) is 11.5 Å². The fraction of sp³-hybridized carbons (Fsp3) is 0.438. The van der Waals surface area contributed by atoms with Crippen molar-refractivity contribution >= 4 is 11.9 Å². The van der Waals surface area contributed by atoms with E-state index < -0.39 is 11.9 Å². The van der Waals surface area contributed by atoms with E-state index in [1.165, 1.54) is 0 Å². The van der Waals surface area contributed by atoms with Gasteiger partial charge in [-0.2, -0.15) is 5.10 Å². The highest BCUT2D eigenvalue weighted by molar-refractivity contribution is 5.93. The monoisotopic (exact) mass is 317 g/mol. The molecule has 1 saturated carbocycles. The van der Waals surface area contributed by atoms with Gasteiger partial charge in [0, 0.05) is 12.1 Å². The first-order valence-electron chi connectivity index (χ1n) is 7.78. The van der Waals surface area contributed by atoms with Gasteiger partial charge in [-0.25, -0.2) is 0 Å². The van der Waals surface area contributed by atoms with Crippen LogP contribution >= 0.6 is 0 Å². The summed E-state index contributed by atoms with van der Waals surface area (Å²) in [5.41, 5.74) is 0.834. The molecule has 0 aromatic carbocycles. The number of carbonyl (C=O) groups is 2. The number of furan rings is 1. The second-order valence-corrected chi connectivity index (χ2v) is 5.81. The number of carboxylic acids is 1. The number of aliphatic carboxylic acids is 1. The van der Waals surface area contributed by atoms with Crippen molar-refractivity contribution in [3.8, 4) is 11.5 Å². The number of amides is 1. The Bertz CT molecular complexity index is 677. The molecule has 0 spiro atoms. The number of aromatic nitrogens is 2. The van der Waals surface area contributed by atoms with Gasteiger partial charge in [0.2, 0.25) is 0 Å². The molecule has 122 valence electrons. The van der Waals surface area contributed by atoms with Crippen LogP contribution in [0.1, 0.15) is 42.6 Å². The molecular formula is C16H19N3O4. The lowest BCUT2D eigenvalue weighted by Crippen LogP contribution is -2.43. The van der Waals surface area contributed by atoms with Gasteiger partial charge < -0.3 is 14.8 Å². The molecule has 2 heterocycles. The van der Waals surface area contributed by atoms with Gasteiger partial charge in [0.15, 0.2) is 11.5 Å². The van der Waals surface area contributed by atoms with Gasteiger partial charge in [0.25, 0.3) is 5.91 Å². The van der Waals surface area contributed by atoms with E-state index in [2.05, 4.69) is 15.5 Å². The highest BCUT2D eigenvalue weighted by Gasteiger charge is 2.31. The Morgan fingerprint density at radius 1 is 1.30 bits per heavy atom. The van der Waals surface area contributed by atoms with Crippen molar-refractivity contribution in [1.29, 1.82) is 0 Å². The Kier molecular flexibility index (Phi) is 4.45. The van der Waals surface area contributed by atoms with E-state index >= 15 is 0 Å². The van der Waals surface area contributed by atoms with E-state index in [0.29, 0.717) is 24.3 Å². The lowest BCUT2D eigenvalue weighted by atomic mass is 9.95. The number of rotatable bonds is 4. The number of carbonyl (C=O) groups excluding carboxylic acids is 1. The van der Waals surface area contributed by atoms with Crippen LogP contribution in [0.15, 0.2) is 28.9 Å². The third kappa shape index (κ3) is 3.44. The molecule has 0 radical (unpaired) electrons. The molecule has 7 nitrogen and oxygen atoms in total. The minimum Gasteiger partial charge on any atom is -0.481 e. The van der Waals surface area contributed by atoms with Gasteiger partial charge >= 0.3 is 5.97 Å². The number of nitrogens with zero attached hydrogens (tertiary/aromatic N) is 1. The van der Waals surface area contributed by atoms with E-state index in [0.717, 1.165) is 19.3 Å². The average Bonchev–Trinajstić information content (AvgIpc) is 3.15. The first-order valence-corrected chi connectivity index (χ1v) is 7.78. The Balaban J connectivity index is 1.71. The highest BCUT2D eigenvalue weighted by Crippen LogP contribution is 2.24. The zero-order chi connectivity index (χ0) is 16.2. The fourth-order valence-corrected chi connectivity index (χ4v) is 3.01. The Morgan fingerprint density at radius 2 is 2.13 bits per heavy atom. The minimum absolute atomic E-state index is 0.227. The number of H-pyrrole nitrogens is 1. The first-order chi connectivity index (χ1) is 11.1. The van der Waals surface area contributed by atoms with Crippen LogP contribution in [0.2, 0.25) is 0 Å². The summed E-state index contributed by atoms with van der Waals surface area (Å²) in [4.78, 5) is 23.8. The molecule has 3 N–H and O–H groups in total. The van der Waals surface area contributed by atoms with Gasteiger partial charge in [-0.3, -0.25) is 14.7 Å². The summed E-state index contributed by atoms with van der Waals surface area (Å²) < 4.78 is 5.25. The van der Waals surface area contributed by atoms with E-state index in [1.807, 2.05) is 0 Å². The van der Waals surface area contributed by atoms with E-state index in [1.54, 1.807) is 24.5 Å². The smallest absolute Gasteiger partial charge is 0.308 e. The van der Waals surface area contributed by atoms with Crippen LogP contribution < -0.4 is 5.32 Å². The molecular weight excluding hydrogens is 298 g/mol.